The third-order valence-electron chi connectivity index (χ3n) is 18.0. The molecule has 14 heteroatoms. The zero-order valence-corrected chi connectivity index (χ0v) is 75.4. The van der Waals surface area contributed by atoms with Crippen LogP contribution in [-0.2, 0) is 0 Å². The van der Waals surface area contributed by atoms with E-state index in [0.29, 0.717) is 93.7 Å². The Kier molecular flexibility index (Phi) is 50.3. The Labute approximate surface area is 711 Å². The minimum Gasteiger partial charge on any atom is -0.394 e. The van der Waals surface area contributed by atoms with Gasteiger partial charge in [0, 0.05) is 42.2 Å². The number of aromatic nitrogens is 7. The second-order valence-electron chi connectivity index (χ2n) is 31.7. The summed E-state index contributed by atoms with van der Waals surface area (Å²) in [5.74, 6) is 7.45. The maximum absolute atomic E-state index is 6.91. The van der Waals surface area contributed by atoms with Crippen molar-refractivity contribution in [3.05, 3.63) is 389 Å². The number of nitrogens with zero attached hydrogens (tertiary/aromatic N) is 14. The maximum atomic E-state index is 6.91. The lowest BCUT2D eigenvalue weighted by molar-refractivity contribution is 0.837. The molecule has 0 aliphatic rings. The predicted molar refractivity (Wildman–Crippen MR) is 498 cm³/mol. The first kappa shape index (κ1) is 103. The van der Waals surface area contributed by atoms with Crippen molar-refractivity contribution in [2.24, 2.45) is 0 Å². The average Bonchev–Trinajstić information content (AvgIpc) is 0.848. The molecular weight excluding hydrogens is 1450 g/mol. The number of pyridine rings is 3. The lowest BCUT2D eigenvalue weighted by Gasteiger charge is -2.07. The Morgan fingerprint density at radius 2 is 0.585 bits per heavy atom. The van der Waals surface area contributed by atoms with Gasteiger partial charge in [-0.15, -0.1) is 11.6 Å². The topological polar surface area (TPSA) is 121 Å². The molecule has 0 aliphatic heterocycles. The number of hydrogen-bond acceptors (Lipinski definition) is 7. The van der Waals surface area contributed by atoms with Gasteiger partial charge >= 0.3 is 5.95 Å². The second kappa shape index (κ2) is 57.4. The molecule has 5 aromatic heterocycles. The van der Waals surface area contributed by atoms with Crippen molar-refractivity contribution in [2.75, 3.05) is 0 Å². The lowest BCUT2D eigenvalue weighted by Crippen LogP contribution is -1.92. The zero-order valence-electron chi connectivity index (χ0n) is 75.4. The van der Waals surface area contributed by atoms with E-state index < -0.39 is 0 Å². The third kappa shape index (κ3) is 43.2. The minimum atomic E-state index is 0.217. The van der Waals surface area contributed by atoms with E-state index in [1.165, 1.54) is 61.2 Å². The molecule has 5 heterocycles. The number of rotatable bonds is 11. The van der Waals surface area contributed by atoms with E-state index in [0.717, 1.165) is 33.9 Å². The number of benzene rings is 6. The van der Waals surface area contributed by atoms with Crippen LogP contribution in [0.3, 0.4) is 0 Å². The fraction of sp³-hybridized carbons (Fsp3) is 0.365. The zero-order chi connectivity index (χ0) is 89.0. The molecule has 0 saturated carbocycles. The molecule has 0 N–H and O–H groups in total. The monoisotopic (exact) mass is 1570 g/mol. The second-order valence-corrected chi connectivity index (χ2v) is 31.7. The van der Waals surface area contributed by atoms with Gasteiger partial charge in [0.05, 0.1) is 45.3 Å². The van der Waals surface area contributed by atoms with Gasteiger partial charge in [0.2, 0.25) is 0 Å². The normalized spacial score (nSPS) is 9.92. The van der Waals surface area contributed by atoms with Crippen molar-refractivity contribution >= 4 is 40.2 Å². The molecule has 0 saturated heterocycles. The summed E-state index contributed by atoms with van der Waals surface area (Å²) in [7, 11) is 0. The van der Waals surface area contributed by atoms with E-state index in [1.807, 2.05) is 112 Å². The molecule has 14 nitrogen and oxygen atoms in total. The first-order chi connectivity index (χ1) is 55.9. The molecule has 0 fully saturated rings. The van der Waals surface area contributed by atoms with Crippen molar-refractivity contribution in [1.82, 2.24) is 34.9 Å². The predicted octanol–water partition coefficient (Wildman–Crippen LogP) is 32.1. The van der Waals surface area contributed by atoms with Gasteiger partial charge in [-0.3, -0.25) is 19.7 Å². The van der Waals surface area contributed by atoms with Crippen LogP contribution in [0.5, 0.6) is 0 Å². The van der Waals surface area contributed by atoms with E-state index >= 15 is 0 Å². The van der Waals surface area contributed by atoms with Crippen LogP contribution in [0.1, 0.15) is 307 Å². The van der Waals surface area contributed by atoms with Gasteiger partial charge in [-0.05, 0) is 168 Å². The van der Waals surface area contributed by atoms with Gasteiger partial charge < -0.3 is 9.69 Å². The molecule has 118 heavy (non-hydrogen) atoms. The summed E-state index contributed by atoms with van der Waals surface area (Å²) < 4.78 is 0. The number of aryl methyl sites for hydroxylation is 5. The third-order valence-corrected chi connectivity index (χ3v) is 18.0. The van der Waals surface area contributed by atoms with Crippen LogP contribution in [0.4, 0.5) is 40.2 Å². The summed E-state index contributed by atoms with van der Waals surface area (Å²) in [6, 6.07) is 56.4. The quantitative estimate of drug-likeness (QED) is 0.118. The first-order valence-corrected chi connectivity index (χ1v) is 40.5. The Hall–Kier alpha value is -12.6. The van der Waals surface area contributed by atoms with Crippen LogP contribution in [0, 0.1) is 80.6 Å². The Morgan fingerprint density at radius 1 is 0.229 bits per heavy atom. The smallest absolute Gasteiger partial charge is 0.371 e. The fourth-order valence-corrected chi connectivity index (χ4v) is 9.99. The molecule has 6 aromatic carbocycles. The Bertz CT molecular complexity index is 4570. The summed E-state index contributed by atoms with van der Waals surface area (Å²) in [4.78, 5) is 50.9. The summed E-state index contributed by atoms with van der Waals surface area (Å²) in [6.45, 7) is 105. The van der Waals surface area contributed by atoms with E-state index in [4.69, 9.17) is 46.0 Å². The van der Waals surface area contributed by atoms with Gasteiger partial charge in [-0.25, -0.2) is 24.5 Å². The van der Waals surface area contributed by atoms with Crippen molar-refractivity contribution in [3.63, 3.8) is 0 Å². The highest BCUT2D eigenvalue weighted by Crippen LogP contribution is 2.32. The first-order valence-electron chi connectivity index (χ1n) is 40.5. The van der Waals surface area contributed by atoms with Crippen LogP contribution in [-0.4, -0.2) is 34.9 Å². The van der Waals surface area contributed by atoms with E-state index in [2.05, 4.69) is 321 Å². The standard InChI is InChI=1S/2C11H10N2.C11H16.C10H11N.C10H14.C9H10N2.C9H13N.C9H12.C8H9N3.C8H12N2.C8H11N/c1-8(2)9-5-10(12-3)7-11(6-9)13-4;1-8(2)9-5-6-10(12-3)11(7-9)13-4;1-8(2)11-6-9(3)5-10(4)7-11;1-8(2)9-4-6-10(11-3)7-5-9;1-8(2)10-6-4-9(3)5-7-10;1-7(2)8-4-5-9(10-3)11-6-8;1-7(2)9-5-4-8(3)10-6-9;1-8(2)9-6-4-3-5-7-9;1-6(2)7-4-10-8(9-3)11-5-7;1-6(2)8-4-9-7(3)10-5-8;1-7(2)8-3-5-9-6-4-8/h2*5-8H,1-2H3;5-8H,1-4H3;4-8H,1-2H3;4-8H,1-3H3;4-7H,1-2H3;4-7H,1-3H3;3-8H,1-2H3;4-6H,1-2H3;4-6H,1-3H3;3-7H,1-2H3. The summed E-state index contributed by atoms with van der Waals surface area (Å²) in [5.41, 5.74) is 21.7. The molecule has 0 aliphatic carbocycles. The Balaban J connectivity index is 0.000000650. The van der Waals surface area contributed by atoms with E-state index in [-0.39, 0.29) is 5.95 Å². The highest BCUT2D eigenvalue weighted by Gasteiger charge is 2.09. The highest BCUT2D eigenvalue weighted by molar-refractivity contribution is 5.71. The van der Waals surface area contributed by atoms with Crippen LogP contribution in [0.25, 0.3) is 33.9 Å². The van der Waals surface area contributed by atoms with Crippen LogP contribution in [0.15, 0.2) is 219 Å². The van der Waals surface area contributed by atoms with Gasteiger partial charge in [0.1, 0.15) is 12.0 Å². The highest BCUT2D eigenvalue weighted by atomic mass is 15.0. The average molecular weight is 1570 g/mol. The van der Waals surface area contributed by atoms with Crippen LogP contribution < -0.4 is 0 Å². The van der Waals surface area contributed by atoms with Crippen LogP contribution in [0.2, 0.25) is 0 Å². The molecule has 0 radical (unpaired) electrons. The largest absolute Gasteiger partial charge is 0.394 e. The molecule has 0 unspecified atom stereocenters. The van der Waals surface area contributed by atoms with Gasteiger partial charge in [-0.2, -0.15) is 9.97 Å². The van der Waals surface area contributed by atoms with E-state index in [1.54, 1.807) is 42.9 Å². The molecule has 11 rings (SSSR count). The Morgan fingerprint density at radius 3 is 0.932 bits per heavy atom. The molecular formula is C104H128N14. The fourth-order valence-electron chi connectivity index (χ4n) is 9.99. The van der Waals surface area contributed by atoms with Crippen molar-refractivity contribution in [1.29, 1.82) is 0 Å². The van der Waals surface area contributed by atoms with Crippen molar-refractivity contribution in [3.8, 4) is 0 Å². The molecule has 0 spiro atoms. The molecule has 0 atom stereocenters. The van der Waals surface area contributed by atoms with Crippen molar-refractivity contribution < 1.29 is 0 Å². The summed E-state index contributed by atoms with van der Waals surface area (Å²) in [5, 5.41) is 0. The molecule has 0 bridgehead atoms. The van der Waals surface area contributed by atoms with E-state index in [9.17, 15) is 0 Å². The van der Waals surface area contributed by atoms with Crippen molar-refractivity contribution in [2.45, 2.75) is 252 Å². The number of hydrogen-bond donors (Lipinski definition) is 0. The molecule has 614 valence electrons. The molecule has 0 amide bonds. The lowest BCUT2D eigenvalue weighted by atomic mass is 9.99. The SMILES string of the molecule is CC(C)c1ccccc1.CC(C)c1ccncc1.Cc1cc(C)cc(C(C)C)c1.Cc1ccc(C(C)C)cc1.Cc1ccc(C(C)C)cn1.Cc1ncc(C(C)C)cn1.[C-]#[N+]c1cc([N+]#[C-])cc(C(C)C)c1.[C-]#[N+]c1ccc(C(C)C)cc1.[C-]#[N+]c1ccc(C(C)C)cc1[N+]#[C-].[C-]#[N+]c1ccc(C(C)C)cn1.[C-]#[N+]c1ncc(C(C)C)cn1. The summed E-state index contributed by atoms with van der Waals surface area (Å²) >= 11 is 0. The minimum absolute atomic E-state index is 0.217. The summed E-state index contributed by atoms with van der Waals surface area (Å²) in [6.07, 6.45) is 14.5. The molecule has 11 aromatic rings. The maximum Gasteiger partial charge on any atom is 0.371 e. The van der Waals surface area contributed by atoms with Gasteiger partial charge in [0.15, 0.2) is 28.4 Å². The van der Waals surface area contributed by atoms with Gasteiger partial charge in [-0.1, -0.05) is 332 Å². The van der Waals surface area contributed by atoms with Gasteiger partial charge in [0.25, 0.3) is 5.82 Å². The van der Waals surface area contributed by atoms with Crippen LogP contribution >= 0.6 is 0 Å².